The fraction of sp³-hybridized carbons (Fsp3) is 0.400. The van der Waals surface area contributed by atoms with Gasteiger partial charge in [0, 0.05) is 38.8 Å². The van der Waals surface area contributed by atoms with Crippen molar-refractivity contribution in [2.75, 3.05) is 39.3 Å². The Morgan fingerprint density at radius 2 is 1.59 bits per heavy atom. The fourth-order valence-corrected chi connectivity index (χ4v) is 3.66. The second-order valence-electron chi connectivity index (χ2n) is 7.88. The first-order valence-electron chi connectivity index (χ1n) is 10.7. The molecule has 1 aliphatic rings. The number of piperazine rings is 1. The van der Waals surface area contributed by atoms with Gasteiger partial charge in [0.1, 0.15) is 0 Å². The number of hydrogen-bond acceptors (Lipinski definition) is 3. The van der Waals surface area contributed by atoms with Gasteiger partial charge in [0.05, 0.1) is 6.54 Å². The second-order valence-corrected chi connectivity index (χ2v) is 7.88. The number of hydrogen-bond donors (Lipinski definition) is 1. The number of nitrogens with one attached hydrogen (secondary N) is 1. The van der Waals surface area contributed by atoms with Crippen LogP contribution in [0, 0.1) is 0 Å². The van der Waals surface area contributed by atoms with Crippen LogP contribution in [-0.2, 0) is 11.2 Å². The number of amides is 1. The molecular formula is C25H33N3O. The van der Waals surface area contributed by atoms with Crippen LogP contribution < -0.4 is 5.32 Å². The van der Waals surface area contributed by atoms with E-state index in [1.165, 1.54) is 11.1 Å². The van der Waals surface area contributed by atoms with Crippen molar-refractivity contribution < 1.29 is 4.79 Å². The second kappa shape index (κ2) is 11.5. The standard InChI is InChI=1S/C25H33N3O/c1-22(14-15-24-11-6-3-7-12-24)26-25(29)21-28-19-17-27(18-20-28)16-8-13-23-9-4-2-5-10-23/h2-13,22H,14-21H2,1H3,(H,26,29)/b13-8+/t22-/m1/s1. The van der Waals surface area contributed by atoms with Crippen LogP contribution in [0.5, 0.6) is 0 Å². The summed E-state index contributed by atoms with van der Waals surface area (Å²) in [5.74, 6) is 0.142. The van der Waals surface area contributed by atoms with E-state index in [9.17, 15) is 4.79 Å². The molecule has 1 aliphatic heterocycles. The molecule has 0 spiro atoms. The molecule has 3 rings (SSSR count). The molecule has 1 saturated heterocycles. The highest BCUT2D eigenvalue weighted by molar-refractivity contribution is 5.78. The summed E-state index contributed by atoms with van der Waals surface area (Å²) in [5, 5.41) is 3.16. The largest absolute Gasteiger partial charge is 0.353 e. The van der Waals surface area contributed by atoms with E-state index in [4.69, 9.17) is 0 Å². The Morgan fingerprint density at radius 1 is 0.966 bits per heavy atom. The molecule has 0 aliphatic carbocycles. The van der Waals surface area contributed by atoms with E-state index in [0.29, 0.717) is 6.54 Å². The third-order valence-electron chi connectivity index (χ3n) is 5.42. The third kappa shape index (κ3) is 7.84. The van der Waals surface area contributed by atoms with Gasteiger partial charge >= 0.3 is 0 Å². The zero-order valence-electron chi connectivity index (χ0n) is 17.5. The van der Waals surface area contributed by atoms with Gasteiger partial charge in [0.2, 0.25) is 5.91 Å². The summed E-state index contributed by atoms with van der Waals surface area (Å²) in [4.78, 5) is 17.1. The molecule has 0 radical (unpaired) electrons. The van der Waals surface area contributed by atoms with Crippen molar-refractivity contribution in [3.63, 3.8) is 0 Å². The first-order chi connectivity index (χ1) is 14.2. The Balaban J connectivity index is 1.30. The maximum absolute atomic E-state index is 12.4. The Kier molecular flexibility index (Phi) is 8.47. The number of carbonyl (C=O) groups excluding carboxylic acids is 1. The van der Waals surface area contributed by atoms with Gasteiger partial charge in [-0.1, -0.05) is 72.8 Å². The smallest absolute Gasteiger partial charge is 0.234 e. The molecule has 1 heterocycles. The predicted octanol–water partition coefficient (Wildman–Crippen LogP) is 3.45. The topological polar surface area (TPSA) is 35.6 Å². The van der Waals surface area contributed by atoms with Crippen LogP contribution in [0.2, 0.25) is 0 Å². The highest BCUT2D eigenvalue weighted by atomic mass is 16.2. The van der Waals surface area contributed by atoms with Crippen LogP contribution in [0.4, 0.5) is 0 Å². The van der Waals surface area contributed by atoms with Crippen molar-refractivity contribution in [1.82, 2.24) is 15.1 Å². The molecule has 2 aromatic rings. The number of carbonyl (C=O) groups is 1. The molecule has 4 nitrogen and oxygen atoms in total. The summed E-state index contributed by atoms with van der Waals surface area (Å²) in [5.41, 5.74) is 2.57. The molecular weight excluding hydrogens is 358 g/mol. The van der Waals surface area contributed by atoms with Gasteiger partial charge in [0.25, 0.3) is 0 Å². The lowest BCUT2D eigenvalue weighted by atomic mass is 10.1. The van der Waals surface area contributed by atoms with Crippen LogP contribution in [0.15, 0.2) is 66.7 Å². The van der Waals surface area contributed by atoms with Crippen molar-refractivity contribution in [3.8, 4) is 0 Å². The third-order valence-corrected chi connectivity index (χ3v) is 5.42. The van der Waals surface area contributed by atoms with E-state index >= 15 is 0 Å². The minimum atomic E-state index is 0.142. The summed E-state index contributed by atoms with van der Waals surface area (Å²) in [7, 11) is 0. The first kappa shape index (κ1) is 21.3. The number of aryl methyl sites for hydroxylation is 1. The normalized spacial score (nSPS) is 16.7. The summed E-state index contributed by atoms with van der Waals surface area (Å²) in [6.07, 6.45) is 6.37. The van der Waals surface area contributed by atoms with Crippen molar-refractivity contribution in [2.24, 2.45) is 0 Å². The van der Waals surface area contributed by atoms with Crippen LogP contribution in [0.3, 0.4) is 0 Å². The monoisotopic (exact) mass is 391 g/mol. The van der Waals surface area contributed by atoms with Crippen molar-refractivity contribution in [2.45, 2.75) is 25.8 Å². The molecule has 1 atom stereocenters. The zero-order valence-corrected chi connectivity index (χ0v) is 17.5. The van der Waals surface area contributed by atoms with Crippen LogP contribution in [-0.4, -0.2) is 61.0 Å². The van der Waals surface area contributed by atoms with Gasteiger partial charge in [-0.2, -0.15) is 0 Å². The molecule has 0 aromatic heterocycles. The average molecular weight is 392 g/mol. The van der Waals surface area contributed by atoms with Gasteiger partial charge in [-0.3, -0.25) is 14.6 Å². The molecule has 2 aromatic carbocycles. The van der Waals surface area contributed by atoms with E-state index in [-0.39, 0.29) is 11.9 Å². The Hall–Kier alpha value is -2.43. The number of nitrogens with zero attached hydrogens (tertiary/aromatic N) is 2. The van der Waals surface area contributed by atoms with E-state index < -0.39 is 0 Å². The Morgan fingerprint density at radius 3 is 2.28 bits per heavy atom. The number of benzene rings is 2. The van der Waals surface area contributed by atoms with Gasteiger partial charge < -0.3 is 5.32 Å². The molecule has 29 heavy (non-hydrogen) atoms. The van der Waals surface area contributed by atoms with Gasteiger partial charge in [-0.15, -0.1) is 0 Å². The molecule has 154 valence electrons. The van der Waals surface area contributed by atoms with Gasteiger partial charge in [0.15, 0.2) is 0 Å². The van der Waals surface area contributed by atoms with Crippen molar-refractivity contribution >= 4 is 12.0 Å². The molecule has 1 N–H and O–H groups in total. The molecule has 0 bridgehead atoms. The van der Waals surface area contributed by atoms with E-state index in [0.717, 1.165) is 45.6 Å². The molecule has 1 fully saturated rings. The summed E-state index contributed by atoms with van der Waals surface area (Å²) in [6.45, 7) is 7.48. The molecule has 0 saturated carbocycles. The highest BCUT2D eigenvalue weighted by Crippen LogP contribution is 2.06. The minimum absolute atomic E-state index is 0.142. The average Bonchev–Trinajstić information content (AvgIpc) is 2.75. The van der Waals surface area contributed by atoms with E-state index in [1.807, 2.05) is 12.1 Å². The molecule has 4 heteroatoms. The Labute approximate surface area is 175 Å². The summed E-state index contributed by atoms with van der Waals surface area (Å²) in [6, 6.07) is 21.1. The maximum Gasteiger partial charge on any atom is 0.234 e. The van der Waals surface area contributed by atoms with Crippen LogP contribution in [0.25, 0.3) is 6.08 Å². The summed E-state index contributed by atoms with van der Waals surface area (Å²) >= 11 is 0. The predicted molar refractivity (Wildman–Crippen MR) is 121 cm³/mol. The highest BCUT2D eigenvalue weighted by Gasteiger charge is 2.18. The van der Waals surface area contributed by atoms with Gasteiger partial charge in [-0.25, -0.2) is 0 Å². The lowest BCUT2D eigenvalue weighted by Crippen LogP contribution is -2.50. The maximum atomic E-state index is 12.4. The SMILES string of the molecule is C[C@H](CCc1ccccc1)NC(=O)CN1CCN(C/C=C/c2ccccc2)CC1. The zero-order chi connectivity index (χ0) is 20.3. The van der Waals surface area contributed by atoms with E-state index in [2.05, 4.69) is 82.7 Å². The molecule has 0 unspecified atom stereocenters. The first-order valence-corrected chi connectivity index (χ1v) is 10.7. The summed E-state index contributed by atoms with van der Waals surface area (Å²) < 4.78 is 0. The number of rotatable bonds is 9. The minimum Gasteiger partial charge on any atom is -0.353 e. The van der Waals surface area contributed by atoms with Crippen molar-refractivity contribution in [1.29, 1.82) is 0 Å². The van der Waals surface area contributed by atoms with Crippen molar-refractivity contribution in [3.05, 3.63) is 77.9 Å². The quantitative estimate of drug-likeness (QED) is 0.711. The van der Waals surface area contributed by atoms with Crippen LogP contribution >= 0.6 is 0 Å². The lowest BCUT2D eigenvalue weighted by molar-refractivity contribution is -0.123. The van der Waals surface area contributed by atoms with E-state index in [1.54, 1.807) is 0 Å². The fourth-order valence-electron chi connectivity index (χ4n) is 3.66. The Bertz CT molecular complexity index is 752. The molecule has 1 amide bonds. The van der Waals surface area contributed by atoms with Gasteiger partial charge in [-0.05, 0) is 30.9 Å². The lowest BCUT2D eigenvalue weighted by Gasteiger charge is -2.33. The van der Waals surface area contributed by atoms with Crippen LogP contribution in [0.1, 0.15) is 24.5 Å².